The summed E-state index contributed by atoms with van der Waals surface area (Å²) >= 11 is 0. The molecule has 108 valence electrons. The average molecular weight is 269 g/mol. The molecule has 0 fully saturated rings. The summed E-state index contributed by atoms with van der Waals surface area (Å²) < 4.78 is 10.3. The Kier molecular flexibility index (Phi) is 6.69. The summed E-state index contributed by atoms with van der Waals surface area (Å²) in [7, 11) is 3.34. The van der Waals surface area contributed by atoms with E-state index in [-0.39, 0.29) is 12.6 Å². The van der Waals surface area contributed by atoms with Gasteiger partial charge in [0.2, 0.25) is 5.95 Å². The van der Waals surface area contributed by atoms with Crippen LogP contribution in [0.2, 0.25) is 0 Å². The lowest BCUT2D eigenvalue weighted by molar-refractivity contribution is 0.170. The lowest BCUT2D eigenvalue weighted by Gasteiger charge is -2.28. The maximum Gasteiger partial charge on any atom is 0.225 e. The van der Waals surface area contributed by atoms with Crippen LogP contribution in [0.15, 0.2) is 6.20 Å². The summed E-state index contributed by atoms with van der Waals surface area (Å²) in [6.07, 6.45) is 1.66. The van der Waals surface area contributed by atoms with E-state index in [9.17, 15) is 0 Å². The Hall–Kier alpha value is -1.24. The summed E-state index contributed by atoms with van der Waals surface area (Å²) in [6, 6.07) is 0.152. The monoisotopic (exact) mass is 269 g/mol. The fraction of sp³-hybridized carbons (Fsp3) is 0.692. The molecule has 0 aliphatic carbocycles. The van der Waals surface area contributed by atoms with Crippen LogP contribution in [0.3, 0.4) is 0 Å². The molecule has 0 spiro atoms. The van der Waals surface area contributed by atoms with Gasteiger partial charge in [0, 0.05) is 38.2 Å². The van der Waals surface area contributed by atoms with E-state index >= 15 is 0 Å². The van der Waals surface area contributed by atoms with Crippen molar-refractivity contribution in [3.63, 3.8) is 0 Å². The number of methoxy groups -OCH3 is 2. The van der Waals surface area contributed by atoms with Gasteiger partial charge in [-0.1, -0.05) is 0 Å². The molecule has 0 radical (unpaired) electrons. The van der Waals surface area contributed by atoms with Crippen LogP contribution in [-0.2, 0) is 16.1 Å². The van der Waals surface area contributed by atoms with Crippen LogP contribution >= 0.6 is 0 Å². The second-order valence-electron chi connectivity index (χ2n) is 4.43. The second kappa shape index (κ2) is 8.04. The van der Waals surface area contributed by atoms with Crippen LogP contribution in [0.4, 0.5) is 5.95 Å². The van der Waals surface area contributed by atoms with Crippen molar-refractivity contribution in [3.05, 3.63) is 17.5 Å². The zero-order valence-electron chi connectivity index (χ0n) is 12.1. The molecular formula is C13H23N3O3. The Morgan fingerprint density at radius 2 is 2.11 bits per heavy atom. The van der Waals surface area contributed by atoms with E-state index in [2.05, 4.69) is 16.9 Å². The molecular weight excluding hydrogens is 246 g/mol. The molecule has 0 amide bonds. The first-order valence-corrected chi connectivity index (χ1v) is 6.31. The number of nitrogens with zero attached hydrogens (tertiary/aromatic N) is 3. The number of aliphatic hydroxyl groups excluding tert-OH is 1. The third kappa shape index (κ3) is 4.41. The van der Waals surface area contributed by atoms with Crippen LogP contribution in [0.5, 0.6) is 0 Å². The fourth-order valence-corrected chi connectivity index (χ4v) is 1.81. The predicted octanol–water partition coefficient (Wildman–Crippen LogP) is 0.765. The predicted molar refractivity (Wildman–Crippen MR) is 73.3 cm³/mol. The number of hydrogen-bond donors (Lipinski definition) is 1. The fourth-order valence-electron chi connectivity index (χ4n) is 1.81. The Morgan fingerprint density at radius 3 is 2.63 bits per heavy atom. The van der Waals surface area contributed by atoms with E-state index in [0.29, 0.717) is 25.7 Å². The van der Waals surface area contributed by atoms with Gasteiger partial charge in [0.15, 0.2) is 0 Å². The minimum Gasteiger partial charge on any atom is -0.392 e. The smallest absolute Gasteiger partial charge is 0.225 e. The molecule has 1 rings (SSSR count). The van der Waals surface area contributed by atoms with E-state index in [1.807, 2.05) is 11.8 Å². The molecule has 1 atom stereocenters. The quantitative estimate of drug-likeness (QED) is 0.751. The topological polar surface area (TPSA) is 67.7 Å². The summed E-state index contributed by atoms with van der Waals surface area (Å²) in [6.45, 7) is 5.76. The molecule has 1 aromatic heterocycles. The van der Waals surface area contributed by atoms with Crippen molar-refractivity contribution in [2.75, 3.05) is 38.9 Å². The molecule has 1 N–H and O–H groups in total. The maximum absolute atomic E-state index is 9.15. The first-order chi connectivity index (χ1) is 9.13. The summed E-state index contributed by atoms with van der Waals surface area (Å²) in [4.78, 5) is 10.8. The Bertz CT molecular complexity index is 387. The van der Waals surface area contributed by atoms with E-state index in [4.69, 9.17) is 14.6 Å². The molecule has 1 aromatic rings. The molecule has 6 heteroatoms. The van der Waals surface area contributed by atoms with Gasteiger partial charge in [0.05, 0.1) is 25.9 Å². The van der Waals surface area contributed by atoms with Crippen molar-refractivity contribution >= 4 is 5.95 Å². The van der Waals surface area contributed by atoms with Crippen LogP contribution in [-0.4, -0.2) is 55.1 Å². The third-order valence-corrected chi connectivity index (χ3v) is 2.97. The summed E-state index contributed by atoms with van der Waals surface area (Å²) in [5.41, 5.74) is 1.54. The lowest BCUT2D eigenvalue weighted by Crippen LogP contribution is -2.40. The molecule has 1 unspecified atom stereocenters. The van der Waals surface area contributed by atoms with Gasteiger partial charge in [-0.05, 0) is 13.8 Å². The highest BCUT2D eigenvalue weighted by Gasteiger charge is 2.17. The van der Waals surface area contributed by atoms with Gasteiger partial charge in [-0.3, -0.25) is 0 Å². The number of anilines is 1. The molecule has 1 heterocycles. The Morgan fingerprint density at radius 1 is 1.37 bits per heavy atom. The van der Waals surface area contributed by atoms with Crippen LogP contribution in [0.1, 0.15) is 18.2 Å². The van der Waals surface area contributed by atoms with Crippen LogP contribution in [0.25, 0.3) is 0 Å². The minimum absolute atomic E-state index is 0.0438. The normalized spacial score (nSPS) is 12.5. The molecule has 0 aliphatic rings. The number of aromatic nitrogens is 2. The molecule has 0 bridgehead atoms. The zero-order chi connectivity index (χ0) is 14.3. The minimum atomic E-state index is -0.0438. The van der Waals surface area contributed by atoms with E-state index in [1.165, 1.54) is 0 Å². The highest BCUT2D eigenvalue weighted by molar-refractivity contribution is 5.34. The first kappa shape index (κ1) is 15.8. The van der Waals surface area contributed by atoms with Crippen molar-refractivity contribution in [1.29, 1.82) is 0 Å². The standard InChI is InChI=1S/C13H23N3O3/c1-10(9-19-4)16(5-6-18-3)13-14-7-12(8-17)11(2)15-13/h7,10,17H,5-6,8-9H2,1-4H3. The highest BCUT2D eigenvalue weighted by Crippen LogP contribution is 2.14. The van der Waals surface area contributed by atoms with Gasteiger partial charge < -0.3 is 19.5 Å². The average Bonchev–Trinajstić information content (AvgIpc) is 2.39. The Labute approximate surface area is 114 Å². The zero-order valence-corrected chi connectivity index (χ0v) is 12.1. The molecule has 0 aliphatic heterocycles. The van der Waals surface area contributed by atoms with E-state index in [1.54, 1.807) is 20.4 Å². The van der Waals surface area contributed by atoms with Gasteiger partial charge in [0.1, 0.15) is 0 Å². The van der Waals surface area contributed by atoms with Gasteiger partial charge in [-0.2, -0.15) is 0 Å². The summed E-state index contributed by atoms with van der Waals surface area (Å²) in [5.74, 6) is 0.635. The Balaban J connectivity index is 2.92. The largest absolute Gasteiger partial charge is 0.392 e. The first-order valence-electron chi connectivity index (χ1n) is 6.31. The number of aliphatic hydroxyl groups is 1. The van der Waals surface area contributed by atoms with Crippen molar-refractivity contribution < 1.29 is 14.6 Å². The SMILES string of the molecule is COCCN(c1ncc(CO)c(C)n1)C(C)COC. The molecule has 19 heavy (non-hydrogen) atoms. The van der Waals surface area contributed by atoms with Crippen LogP contribution in [0, 0.1) is 6.92 Å². The van der Waals surface area contributed by atoms with Crippen molar-refractivity contribution in [2.45, 2.75) is 26.5 Å². The lowest BCUT2D eigenvalue weighted by atomic mass is 10.2. The molecule has 0 saturated carbocycles. The van der Waals surface area contributed by atoms with Crippen LogP contribution < -0.4 is 4.90 Å². The highest BCUT2D eigenvalue weighted by atomic mass is 16.5. The van der Waals surface area contributed by atoms with Gasteiger partial charge in [0.25, 0.3) is 0 Å². The van der Waals surface area contributed by atoms with E-state index in [0.717, 1.165) is 11.3 Å². The molecule has 0 aromatic carbocycles. The third-order valence-electron chi connectivity index (χ3n) is 2.97. The number of aryl methyl sites for hydroxylation is 1. The van der Waals surface area contributed by atoms with Gasteiger partial charge in [-0.15, -0.1) is 0 Å². The number of rotatable bonds is 8. The second-order valence-corrected chi connectivity index (χ2v) is 4.43. The molecule has 0 saturated heterocycles. The maximum atomic E-state index is 9.15. The van der Waals surface area contributed by atoms with E-state index < -0.39 is 0 Å². The number of hydrogen-bond acceptors (Lipinski definition) is 6. The van der Waals surface area contributed by atoms with Crippen molar-refractivity contribution in [2.24, 2.45) is 0 Å². The summed E-state index contributed by atoms with van der Waals surface area (Å²) in [5, 5.41) is 9.15. The van der Waals surface area contributed by atoms with Crippen molar-refractivity contribution in [3.8, 4) is 0 Å². The van der Waals surface area contributed by atoms with Crippen molar-refractivity contribution in [1.82, 2.24) is 9.97 Å². The molecule has 6 nitrogen and oxygen atoms in total. The van der Waals surface area contributed by atoms with Gasteiger partial charge >= 0.3 is 0 Å². The number of ether oxygens (including phenoxy) is 2. The van der Waals surface area contributed by atoms with Gasteiger partial charge in [-0.25, -0.2) is 9.97 Å².